The standard InChI is InChI=1S/C24H28N2O5S/c1-4-16(3)23(28)31-26-22(27)21(32-24(26)29)14-18-7-10-20(11-8-18)30-13-12-19-9-6-17(5-2)15-25-19/h6-11,15-16,21H,4-5,12-14H2,1-3H3. The molecule has 0 aliphatic carbocycles. The first-order chi connectivity index (χ1) is 15.4. The topological polar surface area (TPSA) is 85.8 Å². The molecule has 32 heavy (non-hydrogen) atoms. The van der Waals surface area contributed by atoms with Gasteiger partial charge in [-0.05, 0) is 60.4 Å². The Kier molecular flexibility index (Phi) is 8.27. The largest absolute Gasteiger partial charge is 0.493 e. The molecule has 1 aromatic carbocycles. The molecule has 2 amide bonds. The van der Waals surface area contributed by atoms with Gasteiger partial charge in [0.05, 0.1) is 12.5 Å². The number of benzene rings is 1. The molecule has 3 rings (SSSR count). The molecular formula is C24H28N2O5S. The zero-order valence-electron chi connectivity index (χ0n) is 18.6. The number of pyridine rings is 1. The molecular weight excluding hydrogens is 428 g/mol. The fraction of sp³-hybridized carbons (Fsp3) is 0.417. The summed E-state index contributed by atoms with van der Waals surface area (Å²) in [4.78, 5) is 46.0. The monoisotopic (exact) mass is 456 g/mol. The summed E-state index contributed by atoms with van der Waals surface area (Å²) in [5.41, 5.74) is 3.09. The number of carbonyl (C=O) groups is 3. The van der Waals surface area contributed by atoms with Crippen molar-refractivity contribution in [1.82, 2.24) is 10.0 Å². The SMILES string of the molecule is CCc1ccc(CCOc2ccc(CC3SC(=O)N(OC(=O)C(C)CC)C3=O)cc2)nc1. The zero-order valence-corrected chi connectivity index (χ0v) is 19.4. The van der Waals surface area contributed by atoms with Gasteiger partial charge in [-0.2, -0.15) is 0 Å². The first kappa shape index (κ1) is 23.8. The highest BCUT2D eigenvalue weighted by Crippen LogP contribution is 2.30. The van der Waals surface area contributed by atoms with Crippen LogP contribution < -0.4 is 4.74 Å². The van der Waals surface area contributed by atoms with Crippen LogP contribution in [-0.4, -0.2) is 39.0 Å². The number of carbonyl (C=O) groups excluding carboxylic acids is 3. The summed E-state index contributed by atoms with van der Waals surface area (Å²) < 4.78 is 5.79. The number of imide groups is 1. The van der Waals surface area contributed by atoms with Crippen molar-refractivity contribution in [1.29, 1.82) is 0 Å². The third kappa shape index (κ3) is 6.09. The smallest absolute Gasteiger partial charge is 0.335 e. The molecule has 2 unspecified atom stereocenters. The Hall–Kier alpha value is -2.87. The van der Waals surface area contributed by atoms with E-state index in [2.05, 4.69) is 18.0 Å². The maximum atomic E-state index is 12.5. The fourth-order valence-electron chi connectivity index (χ4n) is 3.02. The van der Waals surface area contributed by atoms with E-state index in [1.54, 1.807) is 6.92 Å². The molecule has 0 radical (unpaired) electrons. The lowest BCUT2D eigenvalue weighted by Gasteiger charge is -2.15. The van der Waals surface area contributed by atoms with Gasteiger partial charge in [0.2, 0.25) is 0 Å². The minimum Gasteiger partial charge on any atom is -0.493 e. The van der Waals surface area contributed by atoms with Crippen molar-refractivity contribution >= 4 is 28.9 Å². The van der Waals surface area contributed by atoms with Crippen LogP contribution in [0.25, 0.3) is 0 Å². The van der Waals surface area contributed by atoms with Crippen molar-refractivity contribution < 1.29 is 24.0 Å². The van der Waals surface area contributed by atoms with Crippen LogP contribution in [0.15, 0.2) is 42.6 Å². The summed E-state index contributed by atoms with van der Waals surface area (Å²) in [6.45, 7) is 6.15. The molecule has 1 fully saturated rings. The van der Waals surface area contributed by atoms with Crippen molar-refractivity contribution in [3.63, 3.8) is 0 Å². The molecule has 8 heteroatoms. The number of aryl methyl sites for hydroxylation is 1. The molecule has 2 atom stereocenters. The van der Waals surface area contributed by atoms with E-state index in [9.17, 15) is 14.4 Å². The Bertz CT molecular complexity index is 946. The van der Waals surface area contributed by atoms with Gasteiger partial charge in [0.1, 0.15) is 11.0 Å². The second-order valence-electron chi connectivity index (χ2n) is 7.68. The first-order valence-electron chi connectivity index (χ1n) is 10.8. The fourth-order valence-corrected chi connectivity index (χ4v) is 3.96. The van der Waals surface area contributed by atoms with E-state index in [-0.39, 0.29) is 5.92 Å². The quantitative estimate of drug-likeness (QED) is 0.524. The van der Waals surface area contributed by atoms with E-state index in [1.165, 1.54) is 5.56 Å². The van der Waals surface area contributed by atoms with Crippen LogP contribution >= 0.6 is 11.8 Å². The van der Waals surface area contributed by atoms with E-state index < -0.39 is 22.4 Å². The minimum absolute atomic E-state index is 0.362. The van der Waals surface area contributed by atoms with Gasteiger partial charge in [-0.3, -0.25) is 14.6 Å². The molecule has 1 aliphatic heterocycles. The van der Waals surface area contributed by atoms with Crippen LogP contribution in [-0.2, 0) is 33.7 Å². The normalized spacial score (nSPS) is 16.8. The number of hydrogen-bond donors (Lipinski definition) is 0. The number of nitrogens with zero attached hydrogens (tertiary/aromatic N) is 2. The van der Waals surface area contributed by atoms with Gasteiger partial charge in [-0.15, -0.1) is 0 Å². The molecule has 1 aliphatic rings. The van der Waals surface area contributed by atoms with E-state index >= 15 is 0 Å². The van der Waals surface area contributed by atoms with Gasteiger partial charge in [0.25, 0.3) is 5.91 Å². The highest BCUT2D eigenvalue weighted by molar-refractivity contribution is 8.15. The molecule has 1 aromatic heterocycles. The lowest BCUT2D eigenvalue weighted by molar-refractivity contribution is -0.186. The molecule has 0 saturated carbocycles. The van der Waals surface area contributed by atoms with E-state index in [1.807, 2.05) is 43.5 Å². The Balaban J connectivity index is 1.49. The summed E-state index contributed by atoms with van der Waals surface area (Å²) in [5.74, 6) is -0.727. The van der Waals surface area contributed by atoms with Crippen LogP contribution in [0, 0.1) is 5.92 Å². The van der Waals surface area contributed by atoms with Crippen LogP contribution in [0.4, 0.5) is 4.79 Å². The Morgan fingerprint density at radius 2 is 1.84 bits per heavy atom. The average Bonchev–Trinajstić information content (AvgIpc) is 3.07. The van der Waals surface area contributed by atoms with Crippen LogP contribution in [0.3, 0.4) is 0 Å². The first-order valence-corrected chi connectivity index (χ1v) is 11.7. The molecule has 1 saturated heterocycles. The van der Waals surface area contributed by atoms with Gasteiger partial charge < -0.3 is 9.57 Å². The summed E-state index contributed by atoms with van der Waals surface area (Å²) >= 11 is 0.878. The number of aromatic nitrogens is 1. The third-order valence-corrected chi connectivity index (χ3v) is 6.37. The van der Waals surface area contributed by atoms with Crippen molar-refractivity contribution in [2.75, 3.05) is 6.61 Å². The van der Waals surface area contributed by atoms with Crippen LogP contribution in [0.5, 0.6) is 5.75 Å². The van der Waals surface area contributed by atoms with Gasteiger partial charge in [-0.1, -0.05) is 44.0 Å². The van der Waals surface area contributed by atoms with Crippen molar-refractivity contribution in [2.45, 2.75) is 51.7 Å². The Morgan fingerprint density at radius 1 is 1.12 bits per heavy atom. The number of rotatable bonds is 10. The van der Waals surface area contributed by atoms with Crippen molar-refractivity contribution in [3.05, 3.63) is 59.4 Å². The van der Waals surface area contributed by atoms with Gasteiger partial charge in [0, 0.05) is 18.3 Å². The highest BCUT2D eigenvalue weighted by Gasteiger charge is 2.43. The van der Waals surface area contributed by atoms with E-state index in [4.69, 9.17) is 9.57 Å². The Labute approximate surface area is 192 Å². The van der Waals surface area contributed by atoms with Crippen molar-refractivity contribution in [2.24, 2.45) is 5.92 Å². The second-order valence-corrected chi connectivity index (χ2v) is 8.84. The molecule has 2 heterocycles. The molecule has 0 bridgehead atoms. The zero-order chi connectivity index (χ0) is 23.1. The third-order valence-electron chi connectivity index (χ3n) is 5.35. The average molecular weight is 457 g/mol. The molecule has 0 spiro atoms. The lowest BCUT2D eigenvalue weighted by atomic mass is 10.1. The number of thioether (sulfide) groups is 1. The summed E-state index contributed by atoms with van der Waals surface area (Å²) in [7, 11) is 0. The molecule has 170 valence electrons. The predicted molar refractivity (Wildman–Crippen MR) is 122 cm³/mol. The number of hydroxylamine groups is 2. The maximum Gasteiger partial charge on any atom is 0.335 e. The van der Waals surface area contributed by atoms with Gasteiger partial charge >= 0.3 is 11.2 Å². The van der Waals surface area contributed by atoms with Gasteiger partial charge in [0.15, 0.2) is 0 Å². The van der Waals surface area contributed by atoms with E-state index in [0.29, 0.717) is 30.9 Å². The second kappa shape index (κ2) is 11.1. The van der Waals surface area contributed by atoms with Crippen LogP contribution in [0.1, 0.15) is 44.0 Å². The predicted octanol–water partition coefficient (Wildman–Crippen LogP) is 4.38. The van der Waals surface area contributed by atoms with Gasteiger partial charge in [-0.25, -0.2) is 4.79 Å². The number of hydrogen-bond acceptors (Lipinski definition) is 7. The molecule has 2 aromatic rings. The number of amides is 2. The van der Waals surface area contributed by atoms with Crippen molar-refractivity contribution in [3.8, 4) is 5.75 Å². The van der Waals surface area contributed by atoms with E-state index in [0.717, 1.165) is 35.2 Å². The summed E-state index contributed by atoms with van der Waals surface area (Å²) in [6.07, 6.45) is 4.51. The summed E-state index contributed by atoms with van der Waals surface area (Å²) in [5, 5.41) is -0.573. The Morgan fingerprint density at radius 3 is 2.47 bits per heavy atom. The molecule has 0 N–H and O–H groups in total. The lowest BCUT2D eigenvalue weighted by Crippen LogP contribution is -2.36. The number of ether oxygens (including phenoxy) is 1. The molecule has 7 nitrogen and oxygen atoms in total. The maximum absolute atomic E-state index is 12.5. The minimum atomic E-state index is -0.615. The highest BCUT2D eigenvalue weighted by atomic mass is 32.2. The van der Waals surface area contributed by atoms with Crippen LogP contribution in [0.2, 0.25) is 0 Å². The summed E-state index contributed by atoms with van der Waals surface area (Å²) in [6, 6.07) is 11.5.